The fourth-order valence-corrected chi connectivity index (χ4v) is 2.91. The maximum Gasteiger partial charge on any atom is 0.340 e. The Morgan fingerprint density at radius 3 is 2.04 bits per heavy atom. The second-order valence-corrected chi connectivity index (χ2v) is 6.20. The van der Waals surface area contributed by atoms with Gasteiger partial charge in [-0.25, -0.2) is 4.79 Å². The second kappa shape index (κ2) is 10.3. The van der Waals surface area contributed by atoms with Crippen LogP contribution < -0.4 is 10.6 Å². The van der Waals surface area contributed by atoms with E-state index in [4.69, 9.17) is 4.74 Å². The molecule has 2 aromatic carbocycles. The van der Waals surface area contributed by atoms with Gasteiger partial charge in [0.15, 0.2) is 0 Å². The summed E-state index contributed by atoms with van der Waals surface area (Å²) in [7, 11) is 0. The Morgan fingerprint density at radius 1 is 0.821 bits per heavy atom. The van der Waals surface area contributed by atoms with Crippen molar-refractivity contribution in [3.05, 3.63) is 59.2 Å². The highest BCUT2D eigenvalue weighted by atomic mass is 16.5. The van der Waals surface area contributed by atoms with E-state index in [1.807, 2.05) is 32.0 Å². The highest BCUT2D eigenvalue weighted by Crippen LogP contribution is 2.23. The Hall–Kier alpha value is -3.15. The van der Waals surface area contributed by atoms with Crippen LogP contribution in [-0.2, 0) is 27.2 Å². The maximum absolute atomic E-state index is 12.4. The molecule has 2 aromatic rings. The van der Waals surface area contributed by atoms with E-state index < -0.39 is 17.8 Å². The van der Waals surface area contributed by atoms with Crippen molar-refractivity contribution in [2.45, 2.75) is 40.0 Å². The van der Waals surface area contributed by atoms with Crippen LogP contribution in [-0.4, -0.2) is 24.4 Å². The molecular formula is C22H26N2O4. The molecule has 0 spiro atoms. The average Bonchev–Trinajstić information content (AvgIpc) is 2.68. The first-order valence-electron chi connectivity index (χ1n) is 9.46. The van der Waals surface area contributed by atoms with Gasteiger partial charge < -0.3 is 15.4 Å². The van der Waals surface area contributed by atoms with Crippen molar-refractivity contribution in [2.75, 3.05) is 17.2 Å². The van der Waals surface area contributed by atoms with Crippen molar-refractivity contribution < 1.29 is 19.1 Å². The molecule has 0 unspecified atom stereocenters. The summed E-state index contributed by atoms with van der Waals surface area (Å²) in [5.74, 6) is -1.42. The predicted molar refractivity (Wildman–Crippen MR) is 109 cm³/mol. The highest BCUT2D eigenvalue weighted by molar-refractivity contribution is 6.10. The molecule has 2 rings (SSSR count). The normalized spacial score (nSPS) is 10.2. The summed E-state index contributed by atoms with van der Waals surface area (Å²) >= 11 is 0. The first-order chi connectivity index (χ1) is 13.5. The van der Waals surface area contributed by atoms with Crippen LogP contribution in [0.25, 0.3) is 0 Å². The number of para-hydroxylation sites is 2. The molecule has 0 saturated carbocycles. The van der Waals surface area contributed by atoms with Gasteiger partial charge in [0.1, 0.15) is 6.42 Å². The summed E-state index contributed by atoms with van der Waals surface area (Å²) in [6.07, 6.45) is 1.21. The molecule has 28 heavy (non-hydrogen) atoms. The van der Waals surface area contributed by atoms with E-state index in [1.54, 1.807) is 31.2 Å². The number of amides is 2. The fourth-order valence-electron chi connectivity index (χ4n) is 2.91. The first kappa shape index (κ1) is 21.2. The number of hydrogen-bond acceptors (Lipinski definition) is 4. The van der Waals surface area contributed by atoms with Crippen LogP contribution in [0.1, 0.15) is 48.7 Å². The van der Waals surface area contributed by atoms with Crippen LogP contribution in [0.4, 0.5) is 11.4 Å². The lowest BCUT2D eigenvalue weighted by Crippen LogP contribution is -2.23. The zero-order valence-corrected chi connectivity index (χ0v) is 16.5. The quantitative estimate of drug-likeness (QED) is 0.535. The Morgan fingerprint density at radius 2 is 1.43 bits per heavy atom. The number of aryl methyl sites for hydroxylation is 2. The summed E-state index contributed by atoms with van der Waals surface area (Å²) in [6, 6.07) is 12.4. The van der Waals surface area contributed by atoms with Gasteiger partial charge in [0.05, 0.1) is 17.9 Å². The Kier molecular flexibility index (Phi) is 7.75. The van der Waals surface area contributed by atoms with Gasteiger partial charge >= 0.3 is 5.97 Å². The van der Waals surface area contributed by atoms with Gasteiger partial charge in [-0.15, -0.1) is 0 Å². The lowest BCUT2D eigenvalue weighted by atomic mass is 10.0. The lowest BCUT2D eigenvalue weighted by molar-refractivity contribution is -0.123. The minimum absolute atomic E-state index is 0.236. The number of nitrogens with one attached hydrogen (secondary N) is 2. The molecule has 6 nitrogen and oxygen atoms in total. The van der Waals surface area contributed by atoms with Crippen molar-refractivity contribution in [3.8, 4) is 0 Å². The molecular weight excluding hydrogens is 356 g/mol. The van der Waals surface area contributed by atoms with Gasteiger partial charge in [0, 0.05) is 5.69 Å². The Labute approximate surface area is 165 Å². The van der Waals surface area contributed by atoms with Crippen molar-refractivity contribution in [2.24, 2.45) is 0 Å². The number of rotatable bonds is 8. The highest BCUT2D eigenvalue weighted by Gasteiger charge is 2.17. The Bertz CT molecular complexity index is 839. The molecule has 6 heteroatoms. The third-order valence-corrected chi connectivity index (χ3v) is 4.28. The molecule has 2 N–H and O–H groups in total. The van der Waals surface area contributed by atoms with Crippen molar-refractivity contribution in [1.29, 1.82) is 0 Å². The summed E-state index contributed by atoms with van der Waals surface area (Å²) in [4.78, 5) is 36.7. The van der Waals surface area contributed by atoms with Gasteiger partial charge in [0.25, 0.3) is 0 Å². The maximum atomic E-state index is 12.4. The van der Waals surface area contributed by atoms with Crippen LogP contribution in [0, 0.1) is 0 Å². The average molecular weight is 382 g/mol. The van der Waals surface area contributed by atoms with E-state index in [9.17, 15) is 14.4 Å². The number of benzene rings is 2. The lowest BCUT2D eigenvalue weighted by Gasteiger charge is -2.14. The number of carbonyl (C=O) groups is 3. The molecule has 0 atom stereocenters. The molecule has 0 fully saturated rings. The standard InChI is InChI=1S/C22H26N2O4/c1-4-15-10-9-11-16(5-2)21(15)24-20(26)14-19(25)23-18-13-8-7-12-17(18)22(27)28-6-3/h7-13H,4-6,14H2,1-3H3,(H,23,25)(H,24,26). The summed E-state index contributed by atoms with van der Waals surface area (Å²) in [5, 5.41) is 5.49. The van der Waals surface area contributed by atoms with Gasteiger partial charge in [0.2, 0.25) is 11.8 Å². The van der Waals surface area contributed by atoms with Gasteiger partial charge in [-0.3, -0.25) is 9.59 Å². The van der Waals surface area contributed by atoms with E-state index in [1.165, 1.54) is 0 Å². The van der Waals surface area contributed by atoms with Crippen LogP contribution in [0.15, 0.2) is 42.5 Å². The zero-order chi connectivity index (χ0) is 20.5. The molecule has 0 aliphatic heterocycles. The van der Waals surface area contributed by atoms with Crippen LogP contribution in [0.5, 0.6) is 0 Å². The van der Waals surface area contributed by atoms with Gasteiger partial charge in [-0.05, 0) is 43.0 Å². The fraction of sp³-hybridized carbons (Fsp3) is 0.318. The molecule has 0 bridgehead atoms. The number of carbonyl (C=O) groups excluding carboxylic acids is 3. The summed E-state index contributed by atoms with van der Waals surface area (Å²) < 4.78 is 4.99. The predicted octanol–water partition coefficient (Wildman–Crippen LogP) is 3.96. The second-order valence-electron chi connectivity index (χ2n) is 6.20. The molecule has 2 amide bonds. The summed E-state index contributed by atoms with van der Waals surface area (Å²) in [5.41, 5.74) is 3.41. The van der Waals surface area contributed by atoms with E-state index in [0.29, 0.717) is 5.69 Å². The molecule has 0 heterocycles. The third kappa shape index (κ3) is 5.42. The van der Waals surface area contributed by atoms with Crippen LogP contribution >= 0.6 is 0 Å². The molecule has 0 aromatic heterocycles. The van der Waals surface area contributed by atoms with E-state index >= 15 is 0 Å². The number of anilines is 2. The van der Waals surface area contributed by atoms with Crippen molar-refractivity contribution >= 4 is 29.2 Å². The van der Waals surface area contributed by atoms with Crippen LogP contribution in [0.2, 0.25) is 0 Å². The minimum atomic E-state index is -0.521. The van der Waals surface area contributed by atoms with Gasteiger partial charge in [-0.2, -0.15) is 0 Å². The first-order valence-corrected chi connectivity index (χ1v) is 9.46. The SMILES string of the molecule is CCOC(=O)c1ccccc1NC(=O)CC(=O)Nc1c(CC)cccc1CC. The topological polar surface area (TPSA) is 84.5 Å². The van der Waals surface area contributed by atoms with E-state index in [2.05, 4.69) is 10.6 Å². The number of ether oxygens (including phenoxy) is 1. The molecule has 0 radical (unpaired) electrons. The largest absolute Gasteiger partial charge is 0.462 e. The summed E-state index contributed by atoms with van der Waals surface area (Å²) in [6.45, 7) is 5.98. The number of hydrogen-bond donors (Lipinski definition) is 2. The van der Waals surface area contributed by atoms with E-state index in [0.717, 1.165) is 29.7 Å². The molecule has 0 saturated heterocycles. The van der Waals surface area contributed by atoms with Crippen molar-refractivity contribution in [3.63, 3.8) is 0 Å². The minimum Gasteiger partial charge on any atom is -0.462 e. The molecule has 148 valence electrons. The molecule has 0 aliphatic carbocycles. The van der Waals surface area contributed by atoms with Crippen molar-refractivity contribution in [1.82, 2.24) is 0 Å². The Balaban J connectivity index is 2.07. The zero-order valence-electron chi connectivity index (χ0n) is 16.5. The number of esters is 1. The third-order valence-electron chi connectivity index (χ3n) is 4.28. The smallest absolute Gasteiger partial charge is 0.340 e. The van der Waals surface area contributed by atoms with Gasteiger partial charge in [-0.1, -0.05) is 44.2 Å². The monoisotopic (exact) mass is 382 g/mol. The van der Waals surface area contributed by atoms with E-state index in [-0.39, 0.29) is 18.6 Å². The van der Waals surface area contributed by atoms with Crippen LogP contribution in [0.3, 0.4) is 0 Å². The molecule has 0 aliphatic rings.